The Morgan fingerprint density at radius 3 is 2.48 bits per heavy atom. The van der Waals surface area contributed by atoms with Crippen LogP contribution in [0.2, 0.25) is 10.0 Å². The van der Waals surface area contributed by atoms with Gasteiger partial charge in [-0.1, -0.05) is 29.6 Å². The molecule has 2 aliphatic rings. The van der Waals surface area contributed by atoms with Crippen LogP contribution < -0.4 is 5.32 Å². The summed E-state index contributed by atoms with van der Waals surface area (Å²) in [5.74, 6) is 0.355. The van der Waals surface area contributed by atoms with Crippen molar-refractivity contribution >= 4 is 40.6 Å². The van der Waals surface area contributed by atoms with Gasteiger partial charge in [-0.3, -0.25) is 9.59 Å². The van der Waals surface area contributed by atoms with E-state index < -0.39 is 0 Å². The van der Waals surface area contributed by atoms with Crippen LogP contribution in [-0.2, 0) is 9.59 Å². The molecule has 112 valence electrons. The number of ketones is 1. The van der Waals surface area contributed by atoms with Crippen LogP contribution in [0.15, 0.2) is 18.2 Å². The summed E-state index contributed by atoms with van der Waals surface area (Å²) >= 11 is 12.0. The molecule has 1 amide bonds. The number of halogens is 2. The smallest absolute Gasteiger partial charge is 0.227 e. The lowest BCUT2D eigenvalue weighted by Gasteiger charge is -2.37. The van der Waals surface area contributed by atoms with Gasteiger partial charge in [-0.05, 0) is 43.9 Å². The van der Waals surface area contributed by atoms with Gasteiger partial charge in [0.15, 0.2) is 0 Å². The van der Waals surface area contributed by atoms with Crippen LogP contribution in [0.5, 0.6) is 0 Å². The molecule has 1 unspecified atom stereocenters. The van der Waals surface area contributed by atoms with E-state index in [0.29, 0.717) is 34.4 Å². The molecule has 0 radical (unpaired) electrons. The molecular formula is C16H17Cl2NO2. The minimum atomic E-state index is -0.104. The Balaban J connectivity index is 1.71. The summed E-state index contributed by atoms with van der Waals surface area (Å²) in [7, 11) is 0. The molecule has 1 aromatic rings. The van der Waals surface area contributed by atoms with Gasteiger partial charge in [0.1, 0.15) is 5.78 Å². The molecule has 2 aliphatic carbocycles. The van der Waals surface area contributed by atoms with Gasteiger partial charge in [-0.15, -0.1) is 0 Å². The summed E-state index contributed by atoms with van der Waals surface area (Å²) in [6, 6.07) is 5.00. The van der Waals surface area contributed by atoms with E-state index in [0.717, 1.165) is 19.3 Å². The summed E-state index contributed by atoms with van der Waals surface area (Å²) < 4.78 is 0. The quantitative estimate of drug-likeness (QED) is 0.879. The number of rotatable bonds is 2. The van der Waals surface area contributed by atoms with E-state index in [1.54, 1.807) is 18.2 Å². The van der Waals surface area contributed by atoms with Crippen molar-refractivity contribution in [3.05, 3.63) is 28.2 Å². The molecule has 3 atom stereocenters. The van der Waals surface area contributed by atoms with Crippen molar-refractivity contribution in [3.63, 3.8) is 0 Å². The molecule has 0 aromatic heterocycles. The molecule has 3 nitrogen and oxygen atoms in total. The van der Waals surface area contributed by atoms with Crippen molar-refractivity contribution in [2.24, 2.45) is 17.8 Å². The highest BCUT2D eigenvalue weighted by atomic mass is 35.5. The average molecular weight is 326 g/mol. The van der Waals surface area contributed by atoms with E-state index in [1.807, 2.05) is 0 Å². The maximum Gasteiger partial charge on any atom is 0.227 e. The lowest BCUT2D eigenvalue weighted by molar-refractivity contribution is -0.136. The van der Waals surface area contributed by atoms with E-state index >= 15 is 0 Å². The van der Waals surface area contributed by atoms with Gasteiger partial charge in [0, 0.05) is 22.8 Å². The number of benzene rings is 1. The molecule has 0 heterocycles. The Morgan fingerprint density at radius 2 is 1.81 bits per heavy atom. The van der Waals surface area contributed by atoms with E-state index in [-0.39, 0.29) is 23.7 Å². The normalized spacial score (nSPS) is 28.3. The minimum absolute atomic E-state index is 0.0523. The van der Waals surface area contributed by atoms with Crippen molar-refractivity contribution < 1.29 is 9.59 Å². The second-order valence-electron chi connectivity index (χ2n) is 6.01. The van der Waals surface area contributed by atoms with Gasteiger partial charge in [0.2, 0.25) is 5.91 Å². The number of Topliss-reactive ketones (excluding diaryl/α,β-unsaturated/α-hetero) is 1. The van der Waals surface area contributed by atoms with Crippen LogP contribution in [0.4, 0.5) is 5.69 Å². The summed E-state index contributed by atoms with van der Waals surface area (Å²) in [4.78, 5) is 24.5. The number of anilines is 1. The van der Waals surface area contributed by atoms with Crippen LogP contribution in [-0.4, -0.2) is 11.7 Å². The van der Waals surface area contributed by atoms with Gasteiger partial charge >= 0.3 is 0 Å². The predicted octanol–water partition coefficient (Wildman–Crippen LogP) is 4.33. The van der Waals surface area contributed by atoms with Crippen LogP contribution in [0, 0.1) is 17.8 Å². The molecule has 2 fully saturated rings. The van der Waals surface area contributed by atoms with Crippen molar-refractivity contribution in [3.8, 4) is 0 Å². The lowest BCUT2D eigenvalue weighted by atomic mass is 9.67. The zero-order valence-corrected chi connectivity index (χ0v) is 13.1. The lowest BCUT2D eigenvalue weighted by Crippen LogP contribution is -2.40. The first kappa shape index (κ1) is 14.9. The highest BCUT2D eigenvalue weighted by molar-refractivity contribution is 6.35. The highest BCUT2D eigenvalue weighted by Gasteiger charge is 2.41. The molecule has 2 bridgehead atoms. The predicted molar refractivity (Wildman–Crippen MR) is 83.7 cm³/mol. The largest absolute Gasteiger partial charge is 0.324 e. The van der Waals surface area contributed by atoms with Crippen LogP contribution >= 0.6 is 23.2 Å². The average Bonchev–Trinajstić information content (AvgIpc) is 2.42. The van der Waals surface area contributed by atoms with Crippen molar-refractivity contribution in [2.75, 3.05) is 5.32 Å². The highest BCUT2D eigenvalue weighted by Crippen LogP contribution is 2.40. The Bertz CT molecular complexity index is 572. The number of hydrogen-bond acceptors (Lipinski definition) is 2. The number of carbonyl (C=O) groups excluding carboxylic acids is 2. The maximum atomic E-state index is 12.4. The number of nitrogens with one attached hydrogen (secondary N) is 1. The zero-order chi connectivity index (χ0) is 15.0. The zero-order valence-electron chi connectivity index (χ0n) is 11.6. The molecule has 0 spiro atoms. The second-order valence-corrected chi connectivity index (χ2v) is 6.85. The first-order valence-corrected chi connectivity index (χ1v) is 8.10. The number of carbonyl (C=O) groups is 2. The van der Waals surface area contributed by atoms with Crippen molar-refractivity contribution in [1.82, 2.24) is 0 Å². The molecule has 1 N–H and O–H groups in total. The molecule has 0 saturated heterocycles. The summed E-state index contributed by atoms with van der Waals surface area (Å²) in [6.07, 6.45) is 4.29. The third kappa shape index (κ3) is 3.09. The third-order valence-electron chi connectivity index (χ3n) is 4.61. The monoisotopic (exact) mass is 325 g/mol. The van der Waals surface area contributed by atoms with Gasteiger partial charge in [-0.25, -0.2) is 0 Å². The van der Waals surface area contributed by atoms with E-state index in [4.69, 9.17) is 23.2 Å². The Labute approximate surface area is 134 Å². The molecule has 5 heteroatoms. The molecule has 2 saturated carbocycles. The van der Waals surface area contributed by atoms with Crippen LogP contribution in [0.3, 0.4) is 0 Å². The van der Waals surface area contributed by atoms with Crippen LogP contribution in [0.25, 0.3) is 0 Å². The fourth-order valence-corrected chi connectivity index (χ4v) is 3.86. The molecule has 21 heavy (non-hydrogen) atoms. The van der Waals surface area contributed by atoms with Crippen LogP contribution in [0.1, 0.15) is 32.1 Å². The van der Waals surface area contributed by atoms with Crippen molar-refractivity contribution in [1.29, 1.82) is 0 Å². The fraction of sp³-hybridized carbons (Fsp3) is 0.500. The molecular weight excluding hydrogens is 309 g/mol. The molecule has 3 rings (SSSR count). The van der Waals surface area contributed by atoms with Crippen molar-refractivity contribution in [2.45, 2.75) is 32.1 Å². The second kappa shape index (κ2) is 5.98. The van der Waals surface area contributed by atoms with Gasteiger partial charge in [0.25, 0.3) is 0 Å². The summed E-state index contributed by atoms with van der Waals surface area (Å²) in [5, 5.41) is 3.86. The maximum absolute atomic E-state index is 12.4. The first-order valence-electron chi connectivity index (χ1n) is 7.34. The number of hydrogen-bond donors (Lipinski definition) is 1. The Hall–Kier alpha value is -1.06. The van der Waals surface area contributed by atoms with Gasteiger partial charge < -0.3 is 5.32 Å². The Morgan fingerprint density at radius 1 is 1.14 bits per heavy atom. The standard InChI is InChI=1S/C16H17Cl2NO2/c17-12-4-5-13(18)14(8-12)19-16(21)11-6-9-2-1-3-10(7-11)15(9)20/h4-5,8-11H,1-3,6-7H2,(H,19,21)/t9-,10+,11?. The van der Waals surface area contributed by atoms with Gasteiger partial charge in [0.05, 0.1) is 10.7 Å². The first-order chi connectivity index (χ1) is 10.0. The number of amides is 1. The fourth-order valence-electron chi connectivity index (χ4n) is 3.52. The number of fused-ring (bicyclic) bond motifs is 2. The van der Waals surface area contributed by atoms with E-state index in [9.17, 15) is 9.59 Å². The summed E-state index contributed by atoms with van der Waals surface area (Å²) in [6.45, 7) is 0. The molecule has 0 aliphatic heterocycles. The summed E-state index contributed by atoms with van der Waals surface area (Å²) in [5.41, 5.74) is 0.538. The minimum Gasteiger partial charge on any atom is -0.324 e. The van der Waals surface area contributed by atoms with Gasteiger partial charge in [-0.2, -0.15) is 0 Å². The van der Waals surface area contributed by atoms with E-state index in [2.05, 4.69) is 5.32 Å². The molecule has 1 aromatic carbocycles. The van der Waals surface area contributed by atoms with E-state index in [1.165, 1.54) is 0 Å². The SMILES string of the molecule is O=C(Nc1cc(Cl)ccc1Cl)C1C[C@H]2CCC[C@@H](C1)C2=O. The third-order valence-corrected chi connectivity index (χ3v) is 5.17. The topological polar surface area (TPSA) is 46.2 Å². The Kier molecular flexibility index (Phi) is 4.23.